The summed E-state index contributed by atoms with van der Waals surface area (Å²) in [6.07, 6.45) is 1.06. The number of rotatable bonds is 5. The zero-order valence-corrected chi connectivity index (χ0v) is 13.6. The van der Waals surface area contributed by atoms with Gasteiger partial charge in [-0.05, 0) is 54.6 Å². The second kappa shape index (κ2) is 7.39. The molecule has 0 aliphatic heterocycles. The van der Waals surface area contributed by atoms with Crippen LogP contribution in [0.3, 0.4) is 0 Å². The number of carbonyl (C=O) groups excluding carboxylic acids is 1. The lowest BCUT2D eigenvalue weighted by Gasteiger charge is -2.10. The number of hydrogen-bond acceptors (Lipinski definition) is 3. The van der Waals surface area contributed by atoms with Crippen LogP contribution in [0.2, 0.25) is 0 Å². The second-order valence-corrected chi connectivity index (χ2v) is 5.81. The van der Waals surface area contributed by atoms with Crippen molar-refractivity contribution in [2.24, 2.45) is 0 Å². The summed E-state index contributed by atoms with van der Waals surface area (Å²) in [4.78, 5) is 23.6. The van der Waals surface area contributed by atoms with Crippen molar-refractivity contribution in [2.75, 3.05) is 12.4 Å². The molecule has 1 amide bonds. The maximum atomic E-state index is 14.7. The lowest BCUT2D eigenvalue weighted by molar-refractivity contribution is -0.133. The molecule has 2 aromatic rings. The van der Waals surface area contributed by atoms with Gasteiger partial charge >= 0.3 is 5.97 Å². The third kappa shape index (κ3) is 3.59. The molecule has 26 heavy (non-hydrogen) atoms. The number of halogens is 1. The number of carboxylic acid groups (broad SMARTS) is 1. The van der Waals surface area contributed by atoms with Gasteiger partial charge in [-0.3, -0.25) is 4.79 Å². The zero-order chi connectivity index (χ0) is 22.1. The smallest absolute Gasteiger partial charge is 0.332 e. The average molecular weight is 359 g/mol. The molecule has 0 fully saturated rings. The van der Waals surface area contributed by atoms with Gasteiger partial charge in [-0.15, -0.1) is 0 Å². The van der Waals surface area contributed by atoms with E-state index in [4.69, 9.17) is 15.3 Å². The van der Waals surface area contributed by atoms with Crippen molar-refractivity contribution in [1.29, 1.82) is 0 Å². The van der Waals surface area contributed by atoms with Crippen LogP contribution in [0.5, 0.6) is 5.75 Å². The van der Waals surface area contributed by atoms with Crippen LogP contribution in [0.25, 0.3) is 11.1 Å². The minimum atomic E-state index is -2.64. The molecule has 6 heteroatoms. The number of aliphatic carboxylic acids is 1. The Morgan fingerprint density at radius 1 is 1.23 bits per heavy atom. The van der Waals surface area contributed by atoms with Gasteiger partial charge in [0.15, 0.2) is 0 Å². The van der Waals surface area contributed by atoms with Gasteiger partial charge in [0.1, 0.15) is 11.6 Å². The Morgan fingerprint density at radius 2 is 2.00 bits per heavy atom. The number of carbonyl (C=O) groups is 2. The number of amides is 1. The van der Waals surface area contributed by atoms with Crippen LogP contribution in [0, 0.1) is 5.82 Å². The molecule has 0 atom stereocenters. The highest BCUT2D eigenvalue weighted by Gasteiger charge is 2.25. The van der Waals surface area contributed by atoms with Crippen molar-refractivity contribution >= 4 is 17.6 Å². The van der Waals surface area contributed by atoms with Crippen LogP contribution >= 0.6 is 0 Å². The minimum absolute atomic E-state index is 0.00197. The summed E-state index contributed by atoms with van der Waals surface area (Å²) in [5.41, 5.74) is 0.441. The number of benzene rings is 2. The summed E-state index contributed by atoms with van der Waals surface area (Å²) in [7, 11) is -2.64. The SMILES string of the molecule is [2H]c1cc(-c2cccc(OC([2H])([2H])[2H])c2)cc(F)c1NC(=O)C1=C(C(=O)O)CCC1. The number of ether oxygens (including phenoxy) is 1. The second-order valence-electron chi connectivity index (χ2n) is 5.81. The average Bonchev–Trinajstić information content (AvgIpc) is 3.13. The molecule has 2 N–H and O–H groups in total. The van der Waals surface area contributed by atoms with E-state index in [1.807, 2.05) is 0 Å². The Kier molecular flexibility index (Phi) is 3.73. The minimum Gasteiger partial charge on any atom is -0.497 e. The summed E-state index contributed by atoms with van der Waals surface area (Å²) in [5, 5.41) is 11.5. The third-order valence-electron chi connectivity index (χ3n) is 4.17. The van der Waals surface area contributed by atoms with Crippen molar-refractivity contribution in [1.82, 2.24) is 0 Å². The molecule has 5 nitrogen and oxygen atoms in total. The van der Waals surface area contributed by atoms with Gasteiger partial charge in [0.2, 0.25) is 0 Å². The number of anilines is 1. The van der Waals surface area contributed by atoms with E-state index in [0.717, 1.165) is 6.07 Å². The van der Waals surface area contributed by atoms with Crippen molar-refractivity contribution in [2.45, 2.75) is 19.3 Å². The van der Waals surface area contributed by atoms with Crippen molar-refractivity contribution < 1.29 is 29.3 Å². The summed E-state index contributed by atoms with van der Waals surface area (Å²) in [6.45, 7) is 0. The van der Waals surface area contributed by atoms with Gasteiger partial charge in [0.05, 0.1) is 18.2 Å². The quantitative estimate of drug-likeness (QED) is 0.846. The fourth-order valence-electron chi connectivity index (χ4n) is 2.89. The monoisotopic (exact) mass is 359 g/mol. The Balaban J connectivity index is 1.88. The van der Waals surface area contributed by atoms with E-state index in [0.29, 0.717) is 12.0 Å². The predicted octanol–water partition coefficient (Wildman–Crippen LogP) is 4.00. The van der Waals surface area contributed by atoms with Crippen LogP contribution in [0.1, 0.15) is 24.7 Å². The molecule has 0 radical (unpaired) electrons. The number of carboxylic acids is 1. The molecule has 0 unspecified atom stereocenters. The maximum Gasteiger partial charge on any atom is 0.332 e. The molecule has 2 aromatic carbocycles. The van der Waals surface area contributed by atoms with Crippen LogP contribution in [-0.2, 0) is 9.59 Å². The van der Waals surface area contributed by atoms with E-state index in [-0.39, 0.29) is 47.0 Å². The normalized spacial score (nSPS) is 16.3. The topological polar surface area (TPSA) is 75.6 Å². The molecule has 134 valence electrons. The Bertz CT molecular complexity index is 1030. The van der Waals surface area contributed by atoms with E-state index in [1.165, 1.54) is 24.3 Å². The molecular weight excluding hydrogens is 337 g/mol. The van der Waals surface area contributed by atoms with E-state index in [9.17, 15) is 14.0 Å². The number of methoxy groups -OCH3 is 1. The van der Waals surface area contributed by atoms with Gasteiger partial charge < -0.3 is 15.2 Å². The fourth-order valence-corrected chi connectivity index (χ4v) is 2.89. The largest absolute Gasteiger partial charge is 0.497 e. The number of hydrogen-bond donors (Lipinski definition) is 2. The molecule has 1 aliphatic carbocycles. The van der Waals surface area contributed by atoms with Crippen molar-refractivity contribution in [3.05, 3.63) is 59.4 Å². The van der Waals surface area contributed by atoms with Gasteiger partial charge in [0.25, 0.3) is 5.91 Å². The lowest BCUT2D eigenvalue weighted by atomic mass is 10.0. The molecule has 0 spiro atoms. The van der Waals surface area contributed by atoms with Crippen LogP contribution in [0.4, 0.5) is 10.1 Å². The van der Waals surface area contributed by atoms with Gasteiger partial charge in [-0.25, -0.2) is 9.18 Å². The summed E-state index contributed by atoms with van der Waals surface area (Å²) < 4.78 is 49.1. The van der Waals surface area contributed by atoms with Gasteiger partial charge in [0, 0.05) is 11.1 Å². The highest BCUT2D eigenvalue weighted by atomic mass is 19.1. The van der Waals surface area contributed by atoms with E-state index < -0.39 is 24.7 Å². The van der Waals surface area contributed by atoms with E-state index in [1.54, 1.807) is 6.07 Å². The highest BCUT2D eigenvalue weighted by molar-refractivity contribution is 6.09. The van der Waals surface area contributed by atoms with Crippen LogP contribution < -0.4 is 10.1 Å². The first kappa shape index (κ1) is 13.1. The molecule has 1 aliphatic rings. The van der Waals surface area contributed by atoms with E-state index >= 15 is 0 Å². The molecule has 0 saturated carbocycles. The van der Waals surface area contributed by atoms with Gasteiger partial charge in [-0.2, -0.15) is 0 Å². The number of nitrogens with one attached hydrogen (secondary N) is 1. The Labute approximate surface area is 155 Å². The lowest BCUT2D eigenvalue weighted by Crippen LogP contribution is -2.17. The van der Waals surface area contributed by atoms with Gasteiger partial charge in [-0.1, -0.05) is 18.2 Å². The zero-order valence-electron chi connectivity index (χ0n) is 17.6. The first-order chi connectivity index (χ1) is 14.0. The molecular formula is C20H18FNO4. The fraction of sp³-hybridized carbons (Fsp3) is 0.200. The first-order valence-corrected chi connectivity index (χ1v) is 7.91. The molecule has 0 aromatic heterocycles. The maximum absolute atomic E-state index is 14.7. The molecule has 0 bridgehead atoms. The third-order valence-corrected chi connectivity index (χ3v) is 4.17. The Morgan fingerprint density at radius 3 is 2.73 bits per heavy atom. The van der Waals surface area contributed by atoms with Crippen molar-refractivity contribution in [3.8, 4) is 16.9 Å². The molecule has 3 rings (SSSR count). The van der Waals surface area contributed by atoms with E-state index in [2.05, 4.69) is 5.32 Å². The highest BCUT2D eigenvalue weighted by Crippen LogP contribution is 2.30. The molecule has 0 saturated heterocycles. The Hall–Kier alpha value is -3.15. The summed E-state index contributed by atoms with van der Waals surface area (Å²) in [5.74, 6) is -2.73. The first-order valence-electron chi connectivity index (χ1n) is 9.91. The van der Waals surface area contributed by atoms with Crippen LogP contribution in [0.15, 0.2) is 53.6 Å². The summed E-state index contributed by atoms with van der Waals surface area (Å²) >= 11 is 0. The standard InChI is InChI=1S/C20H18FNO4/c1-26-14-5-2-4-12(10-14)13-8-9-18(17(21)11-13)22-19(23)15-6-3-7-16(15)20(24)25/h2,4-5,8-11H,3,6-7H2,1H3,(H,22,23)(H,24,25)/i1D3,9D. The van der Waals surface area contributed by atoms with Crippen LogP contribution in [-0.4, -0.2) is 24.0 Å². The van der Waals surface area contributed by atoms with Crippen molar-refractivity contribution in [3.63, 3.8) is 0 Å². The molecule has 0 heterocycles. The summed E-state index contributed by atoms with van der Waals surface area (Å²) in [6, 6.07) is 8.09. The predicted molar refractivity (Wildman–Crippen MR) is 95.5 cm³/mol.